The lowest BCUT2D eigenvalue weighted by Crippen LogP contribution is -2.52. The molecule has 3 aliphatic rings. The molecule has 0 radical (unpaired) electrons. The Labute approximate surface area is 394 Å². The third-order valence-electron chi connectivity index (χ3n) is 11.2. The van der Waals surface area contributed by atoms with Crippen LogP contribution in [0.1, 0.15) is 57.4 Å². The van der Waals surface area contributed by atoms with Crippen LogP contribution in [0.5, 0.6) is 0 Å². The molecule has 8 rings (SSSR count). The first kappa shape index (κ1) is 47.2. The lowest BCUT2D eigenvalue weighted by atomic mass is 9.95. The Kier molecular flexibility index (Phi) is 15.3. The van der Waals surface area contributed by atoms with E-state index in [0.29, 0.717) is 108 Å². The van der Waals surface area contributed by atoms with Gasteiger partial charge in [-0.2, -0.15) is 5.10 Å². The molecule has 20 heteroatoms. The Bertz CT molecular complexity index is 2810. The van der Waals surface area contributed by atoms with Crippen LogP contribution < -0.4 is 27.1 Å². The first-order chi connectivity index (χ1) is 33.1. The standard InChI is InChI=1S/C48H46ClF2N11O6/c49-31-7-11-35-36(22-31)45(43-37(50)3-1-4-38(43)51)55-23-30-24-56-48(60-44(30)35)58-32-8-5-28(6-9-32)39(61-52)25-54-16-18-68-20-19-67-17-2-15-53-26-42(64)57-33-10-12-34-29(21-33)27-62(47(34)66)40-13-14-41(63)59-46(40)65/h1,3-12,21-22,24-25,40,53H,2,13-20,23,26-27,52H2,(H,57,64)(H,56,58,60)(H,59,63,65). The van der Waals surface area contributed by atoms with E-state index in [0.717, 1.165) is 5.56 Å². The summed E-state index contributed by atoms with van der Waals surface area (Å²) >= 11 is 6.35. The fourth-order valence-corrected chi connectivity index (χ4v) is 8.08. The number of imide groups is 1. The van der Waals surface area contributed by atoms with Crippen LogP contribution in [0.15, 0.2) is 100 Å². The van der Waals surface area contributed by atoms with Crippen molar-refractivity contribution in [3.63, 3.8) is 0 Å². The van der Waals surface area contributed by atoms with Crippen LogP contribution >= 0.6 is 11.6 Å². The van der Waals surface area contributed by atoms with Gasteiger partial charge < -0.3 is 36.2 Å². The number of fused-ring (bicyclic) bond motifs is 4. The molecule has 350 valence electrons. The van der Waals surface area contributed by atoms with Gasteiger partial charge in [-0.15, -0.1) is 0 Å². The molecular weight excluding hydrogens is 900 g/mol. The Morgan fingerprint density at radius 3 is 2.47 bits per heavy atom. The minimum atomic E-state index is -0.734. The average molecular weight is 946 g/mol. The number of halogens is 3. The molecule has 17 nitrogen and oxygen atoms in total. The summed E-state index contributed by atoms with van der Waals surface area (Å²) in [5.41, 5.74) is 5.78. The van der Waals surface area contributed by atoms with E-state index < -0.39 is 23.6 Å². The van der Waals surface area contributed by atoms with Crippen molar-refractivity contribution in [1.29, 1.82) is 0 Å². The second kappa shape index (κ2) is 22.0. The zero-order chi connectivity index (χ0) is 47.6. The maximum absolute atomic E-state index is 14.9. The van der Waals surface area contributed by atoms with E-state index in [1.54, 1.807) is 48.8 Å². The van der Waals surface area contributed by atoms with Gasteiger partial charge in [-0.25, -0.2) is 18.7 Å². The van der Waals surface area contributed by atoms with E-state index >= 15 is 0 Å². The third-order valence-corrected chi connectivity index (χ3v) is 11.5. The van der Waals surface area contributed by atoms with Gasteiger partial charge in [-0.3, -0.25) is 34.5 Å². The quantitative estimate of drug-likeness (QED) is 0.0234. The van der Waals surface area contributed by atoms with E-state index in [1.165, 1.54) is 23.1 Å². The Hall–Kier alpha value is -7.32. The Balaban J connectivity index is 0.708. The zero-order valence-electron chi connectivity index (χ0n) is 36.6. The number of nitrogens with two attached hydrogens (primary N) is 1. The lowest BCUT2D eigenvalue weighted by molar-refractivity contribution is -0.137. The molecule has 0 saturated carbocycles. The molecule has 0 bridgehead atoms. The maximum Gasteiger partial charge on any atom is 0.255 e. The molecule has 1 aromatic heterocycles. The average Bonchev–Trinajstić information content (AvgIpc) is 3.56. The molecule has 4 aromatic carbocycles. The summed E-state index contributed by atoms with van der Waals surface area (Å²) in [4.78, 5) is 69.0. The summed E-state index contributed by atoms with van der Waals surface area (Å²) in [6, 6.07) is 20.4. The second-order valence-corrected chi connectivity index (χ2v) is 16.3. The number of hydrogen-bond acceptors (Lipinski definition) is 14. The van der Waals surface area contributed by atoms with E-state index in [2.05, 4.69) is 41.3 Å². The van der Waals surface area contributed by atoms with Crippen LogP contribution in [-0.4, -0.2) is 108 Å². The SMILES string of the molecule is NN=C(C=NCCOCCOCCCNCC(=O)Nc1ccc2c(c1)CN(C1CCC(=O)NC1=O)C2=O)c1ccc(Nc2ncc3c(n2)-c2ccc(Cl)cc2C(c2c(F)cccc2F)=NC3)cc1. The highest BCUT2D eigenvalue weighted by Crippen LogP contribution is 2.35. The van der Waals surface area contributed by atoms with Crippen molar-refractivity contribution in [1.82, 2.24) is 25.5 Å². The number of aliphatic imine (C=N–C) groups is 2. The zero-order valence-corrected chi connectivity index (χ0v) is 37.3. The van der Waals surface area contributed by atoms with Gasteiger partial charge in [0.2, 0.25) is 23.7 Å². The van der Waals surface area contributed by atoms with Crippen molar-refractivity contribution in [2.75, 3.05) is 56.7 Å². The van der Waals surface area contributed by atoms with Crippen LogP contribution in [0.2, 0.25) is 5.02 Å². The molecule has 1 saturated heterocycles. The second-order valence-electron chi connectivity index (χ2n) is 15.8. The number of nitrogens with zero attached hydrogens (tertiary/aromatic N) is 6. The van der Waals surface area contributed by atoms with Crippen LogP contribution in [-0.2, 0) is 36.9 Å². The molecule has 1 unspecified atom stereocenters. The minimum Gasteiger partial charge on any atom is -0.379 e. The van der Waals surface area contributed by atoms with Gasteiger partial charge in [0.1, 0.15) is 23.4 Å². The van der Waals surface area contributed by atoms with Crippen molar-refractivity contribution in [2.24, 2.45) is 20.9 Å². The molecule has 0 spiro atoms. The summed E-state index contributed by atoms with van der Waals surface area (Å²) < 4.78 is 41.1. The highest BCUT2D eigenvalue weighted by molar-refractivity contribution is 6.38. The molecule has 4 heterocycles. The molecule has 68 heavy (non-hydrogen) atoms. The number of hydrogen-bond donors (Lipinski definition) is 5. The van der Waals surface area contributed by atoms with E-state index in [-0.39, 0.29) is 61.5 Å². The number of benzene rings is 4. The maximum atomic E-state index is 14.9. The van der Waals surface area contributed by atoms with Crippen LogP contribution in [0, 0.1) is 11.6 Å². The van der Waals surface area contributed by atoms with E-state index in [9.17, 15) is 28.0 Å². The fourth-order valence-electron chi connectivity index (χ4n) is 7.91. The molecule has 5 aromatic rings. The number of carbonyl (C=O) groups is 4. The van der Waals surface area contributed by atoms with E-state index in [4.69, 9.17) is 31.9 Å². The van der Waals surface area contributed by atoms with Crippen LogP contribution in [0.25, 0.3) is 11.3 Å². The van der Waals surface area contributed by atoms with Gasteiger partial charge in [0.15, 0.2) is 0 Å². The normalized spacial score (nSPS) is 15.7. The predicted octanol–water partition coefficient (Wildman–Crippen LogP) is 5.32. The van der Waals surface area contributed by atoms with Gasteiger partial charge in [-0.05, 0) is 79.5 Å². The first-order valence-corrected chi connectivity index (χ1v) is 22.2. The van der Waals surface area contributed by atoms with Gasteiger partial charge in [0.05, 0.1) is 56.4 Å². The van der Waals surface area contributed by atoms with Gasteiger partial charge in [-0.1, -0.05) is 35.9 Å². The monoisotopic (exact) mass is 945 g/mol. The van der Waals surface area contributed by atoms with Crippen LogP contribution in [0.3, 0.4) is 0 Å². The molecule has 3 aliphatic heterocycles. The number of carbonyl (C=O) groups excluding carboxylic acids is 4. The Morgan fingerprint density at radius 2 is 1.69 bits per heavy atom. The number of hydrazone groups is 1. The molecule has 1 atom stereocenters. The van der Waals surface area contributed by atoms with Gasteiger partial charge in [0, 0.05) is 76.2 Å². The van der Waals surface area contributed by atoms with Crippen LogP contribution in [0.4, 0.5) is 26.1 Å². The van der Waals surface area contributed by atoms with Crippen molar-refractivity contribution in [3.05, 3.63) is 135 Å². The molecule has 1 fully saturated rings. The summed E-state index contributed by atoms with van der Waals surface area (Å²) in [7, 11) is 0. The molecule has 0 aliphatic carbocycles. The molecule has 4 amide bonds. The smallest absolute Gasteiger partial charge is 0.255 e. The number of nitrogens with one attached hydrogen (secondary N) is 4. The highest BCUT2D eigenvalue weighted by Gasteiger charge is 2.39. The van der Waals surface area contributed by atoms with E-state index in [1.807, 2.05) is 24.3 Å². The summed E-state index contributed by atoms with van der Waals surface area (Å²) in [6.45, 7) is 2.97. The number of anilines is 3. The topological polar surface area (TPSA) is 227 Å². The molecular formula is C48H46ClF2N11O6. The van der Waals surface area contributed by atoms with Crippen molar-refractivity contribution < 1.29 is 37.4 Å². The van der Waals surface area contributed by atoms with Gasteiger partial charge in [0.25, 0.3) is 5.91 Å². The first-order valence-electron chi connectivity index (χ1n) is 21.8. The highest BCUT2D eigenvalue weighted by atomic mass is 35.5. The van der Waals surface area contributed by atoms with Crippen molar-refractivity contribution >= 4 is 70.2 Å². The fraction of sp³-hybridized carbons (Fsp3) is 0.271. The Morgan fingerprint density at radius 1 is 0.926 bits per heavy atom. The summed E-state index contributed by atoms with van der Waals surface area (Å²) in [5.74, 6) is 3.20. The van der Waals surface area contributed by atoms with Crippen molar-refractivity contribution in [2.45, 2.75) is 38.4 Å². The predicted molar refractivity (Wildman–Crippen MR) is 252 cm³/mol. The largest absolute Gasteiger partial charge is 0.379 e. The number of piperidine rings is 1. The summed E-state index contributed by atoms with van der Waals surface area (Å²) in [5, 5.41) is 15.7. The summed E-state index contributed by atoms with van der Waals surface area (Å²) in [6.07, 6.45) is 4.35. The lowest BCUT2D eigenvalue weighted by Gasteiger charge is -2.29. The third kappa shape index (κ3) is 11.3. The van der Waals surface area contributed by atoms with Gasteiger partial charge >= 0.3 is 0 Å². The van der Waals surface area contributed by atoms with Crippen molar-refractivity contribution in [3.8, 4) is 11.3 Å². The molecule has 6 N–H and O–H groups in total. The minimum absolute atomic E-state index is 0.0885. The number of rotatable bonds is 19. The number of amides is 4. The number of aromatic nitrogens is 2. The number of ether oxygens (including phenoxy) is 2.